The van der Waals surface area contributed by atoms with Crippen LogP contribution in [0, 0.1) is 0 Å². The van der Waals surface area contributed by atoms with E-state index >= 15 is 0 Å². The van der Waals surface area contributed by atoms with Crippen molar-refractivity contribution < 1.29 is 9.63 Å². The third kappa shape index (κ3) is 2.71. The fourth-order valence-corrected chi connectivity index (χ4v) is 2.17. The van der Waals surface area contributed by atoms with Crippen LogP contribution in [0.5, 0.6) is 5.75 Å². The lowest BCUT2D eigenvalue weighted by Crippen LogP contribution is -1.71. The Morgan fingerprint density at radius 1 is 1.16 bits per heavy atom. The molecule has 5 heteroatoms. The first-order valence-corrected chi connectivity index (χ1v) is 6.53. The fraction of sp³-hybridized carbons (Fsp3) is 0. The normalized spacial score (nSPS) is 11.2. The van der Waals surface area contributed by atoms with Gasteiger partial charge >= 0.3 is 0 Å². The summed E-state index contributed by atoms with van der Waals surface area (Å²) in [6, 6.07) is 8.78. The highest BCUT2D eigenvalue weighted by Gasteiger charge is 2.06. The van der Waals surface area contributed by atoms with Gasteiger partial charge in [-0.05, 0) is 23.8 Å². The fourth-order valence-electron chi connectivity index (χ4n) is 1.58. The van der Waals surface area contributed by atoms with Gasteiger partial charge in [0, 0.05) is 17.6 Å². The third-order valence-electron chi connectivity index (χ3n) is 2.51. The van der Waals surface area contributed by atoms with Crippen LogP contribution in [-0.4, -0.2) is 15.2 Å². The molecule has 94 valence electrons. The molecule has 0 atom stereocenters. The zero-order chi connectivity index (χ0) is 13.1. The maximum atomic E-state index is 9.19. The molecular formula is C14H10N2O2S. The molecule has 0 saturated heterocycles. The van der Waals surface area contributed by atoms with Crippen LogP contribution in [0.1, 0.15) is 11.3 Å². The summed E-state index contributed by atoms with van der Waals surface area (Å²) in [5.41, 5.74) is 1.72. The van der Waals surface area contributed by atoms with Gasteiger partial charge in [0.2, 0.25) is 0 Å². The summed E-state index contributed by atoms with van der Waals surface area (Å²) in [5.74, 6) is 0.921. The standard InChI is InChI=1S/C14H10N2O2S/c17-12-5-2-10(3-6-12)1-4-11-9-13(18-16-11)14-15-7-8-19-14/h1-9,17H/b4-1+. The SMILES string of the molecule is Oc1ccc(/C=C/c2cc(-c3nccs3)on2)cc1. The van der Waals surface area contributed by atoms with Crippen LogP contribution in [0.3, 0.4) is 0 Å². The van der Waals surface area contributed by atoms with Gasteiger partial charge in [-0.25, -0.2) is 4.98 Å². The van der Waals surface area contributed by atoms with E-state index in [0.717, 1.165) is 16.3 Å². The zero-order valence-electron chi connectivity index (χ0n) is 9.85. The molecule has 19 heavy (non-hydrogen) atoms. The van der Waals surface area contributed by atoms with Crippen LogP contribution in [-0.2, 0) is 0 Å². The van der Waals surface area contributed by atoms with Crippen molar-refractivity contribution in [1.82, 2.24) is 10.1 Å². The Labute approximate surface area is 113 Å². The summed E-state index contributed by atoms with van der Waals surface area (Å²) in [6.45, 7) is 0. The molecule has 0 fully saturated rings. The second-order valence-electron chi connectivity index (χ2n) is 3.88. The number of hydrogen-bond acceptors (Lipinski definition) is 5. The molecule has 0 unspecified atom stereocenters. The predicted octanol–water partition coefficient (Wildman–Crippen LogP) is 3.67. The lowest BCUT2D eigenvalue weighted by Gasteiger charge is -1.92. The topological polar surface area (TPSA) is 59.2 Å². The molecule has 3 rings (SSSR count). The van der Waals surface area contributed by atoms with E-state index < -0.39 is 0 Å². The molecule has 1 N–H and O–H groups in total. The molecule has 2 heterocycles. The van der Waals surface area contributed by atoms with E-state index in [1.165, 1.54) is 11.3 Å². The Bertz CT molecular complexity index is 685. The Kier molecular flexibility index (Phi) is 3.12. The van der Waals surface area contributed by atoms with Gasteiger partial charge in [0.05, 0.1) is 0 Å². The maximum absolute atomic E-state index is 9.19. The van der Waals surface area contributed by atoms with E-state index in [1.54, 1.807) is 18.3 Å². The molecule has 0 aliphatic rings. The quantitative estimate of drug-likeness (QED) is 0.788. The first kappa shape index (κ1) is 11.7. The summed E-state index contributed by atoms with van der Waals surface area (Å²) in [6.07, 6.45) is 5.49. The average Bonchev–Trinajstić information content (AvgIpc) is 3.09. The molecule has 0 radical (unpaired) electrons. The Morgan fingerprint density at radius 3 is 2.74 bits per heavy atom. The number of aromatic nitrogens is 2. The van der Waals surface area contributed by atoms with Gasteiger partial charge in [0.15, 0.2) is 10.8 Å². The lowest BCUT2D eigenvalue weighted by atomic mass is 10.2. The van der Waals surface area contributed by atoms with Crippen molar-refractivity contribution in [3.63, 3.8) is 0 Å². The van der Waals surface area contributed by atoms with E-state index in [-0.39, 0.29) is 5.75 Å². The Morgan fingerprint density at radius 2 is 2.00 bits per heavy atom. The minimum absolute atomic E-state index is 0.254. The summed E-state index contributed by atoms with van der Waals surface area (Å²) in [5, 5.41) is 15.9. The van der Waals surface area contributed by atoms with Gasteiger partial charge < -0.3 is 9.63 Å². The molecule has 0 bridgehead atoms. The number of rotatable bonds is 3. The summed E-state index contributed by atoms with van der Waals surface area (Å²) >= 11 is 1.51. The van der Waals surface area contributed by atoms with Crippen LogP contribution < -0.4 is 0 Å². The van der Waals surface area contributed by atoms with Crippen molar-refractivity contribution in [2.75, 3.05) is 0 Å². The van der Waals surface area contributed by atoms with Crippen molar-refractivity contribution in [3.05, 3.63) is 53.2 Å². The number of phenolic OH excluding ortho intramolecular Hbond substituents is 1. The van der Waals surface area contributed by atoms with Crippen LogP contribution in [0.15, 0.2) is 46.4 Å². The molecular weight excluding hydrogens is 260 g/mol. The van der Waals surface area contributed by atoms with Gasteiger partial charge in [-0.3, -0.25) is 0 Å². The minimum atomic E-state index is 0.254. The van der Waals surface area contributed by atoms with Gasteiger partial charge in [-0.15, -0.1) is 11.3 Å². The molecule has 0 aliphatic heterocycles. The van der Waals surface area contributed by atoms with E-state index in [4.69, 9.17) is 4.52 Å². The highest BCUT2D eigenvalue weighted by Crippen LogP contribution is 2.23. The van der Waals surface area contributed by atoms with Crippen molar-refractivity contribution in [2.45, 2.75) is 0 Å². The van der Waals surface area contributed by atoms with Crippen molar-refractivity contribution in [2.24, 2.45) is 0 Å². The lowest BCUT2D eigenvalue weighted by molar-refractivity contribution is 0.430. The van der Waals surface area contributed by atoms with E-state index in [1.807, 2.05) is 35.7 Å². The van der Waals surface area contributed by atoms with E-state index in [0.29, 0.717) is 5.76 Å². The smallest absolute Gasteiger partial charge is 0.196 e. The van der Waals surface area contributed by atoms with Crippen LogP contribution in [0.25, 0.3) is 22.9 Å². The highest BCUT2D eigenvalue weighted by molar-refractivity contribution is 7.13. The predicted molar refractivity (Wildman–Crippen MR) is 74.6 cm³/mol. The summed E-state index contributed by atoms with van der Waals surface area (Å²) in [7, 11) is 0. The average molecular weight is 270 g/mol. The van der Waals surface area contributed by atoms with Crippen molar-refractivity contribution in [3.8, 4) is 16.5 Å². The zero-order valence-corrected chi connectivity index (χ0v) is 10.7. The number of phenols is 1. The van der Waals surface area contributed by atoms with Gasteiger partial charge in [-0.1, -0.05) is 23.4 Å². The maximum Gasteiger partial charge on any atom is 0.196 e. The third-order valence-corrected chi connectivity index (χ3v) is 3.30. The number of hydrogen-bond donors (Lipinski definition) is 1. The van der Waals surface area contributed by atoms with Gasteiger partial charge in [0.25, 0.3) is 0 Å². The highest BCUT2D eigenvalue weighted by atomic mass is 32.1. The van der Waals surface area contributed by atoms with Gasteiger partial charge in [0.1, 0.15) is 11.4 Å². The number of aromatic hydroxyl groups is 1. The van der Waals surface area contributed by atoms with Crippen LogP contribution in [0.2, 0.25) is 0 Å². The van der Waals surface area contributed by atoms with Crippen molar-refractivity contribution >= 4 is 23.5 Å². The van der Waals surface area contributed by atoms with E-state index in [2.05, 4.69) is 10.1 Å². The number of benzene rings is 1. The summed E-state index contributed by atoms with van der Waals surface area (Å²) < 4.78 is 5.22. The van der Waals surface area contributed by atoms with Crippen molar-refractivity contribution in [1.29, 1.82) is 0 Å². The van der Waals surface area contributed by atoms with Crippen LogP contribution >= 0.6 is 11.3 Å². The van der Waals surface area contributed by atoms with Crippen LogP contribution in [0.4, 0.5) is 0 Å². The minimum Gasteiger partial charge on any atom is -0.508 e. The first-order valence-electron chi connectivity index (χ1n) is 5.65. The number of thiazole rings is 1. The second kappa shape index (κ2) is 5.07. The molecule has 2 aromatic heterocycles. The molecule has 0 aliphatic carbocycles. The van der Waals surface area contributed by atoms with E-state index in [9.17, 15) is 5.11 Å². The molecule has 0 spiro atoms. The first-order chi connectivity index (χ1) is 9.31. The number of nitrogens with zero attached hydrogens (tertiary/aromatic N) is 2. The van der Waals surface area contributed by atoms with Gasteiger partial charge in [-0.2, -0.15) is 0 Å². The largest absolute Gasteiger partial charge is 0.508 e. The molecule has 0 amide bonds. The second-order valence-corrected chi connectivity index (χ2v) is 4.77. The molecule has 0 saturated carbocycles. The molecule has 1 aromatic carbocycles. The summed E-state index contributed by atoms with van der Waals surface area (Å²) in [4.78, 5) is 4.16. The Hall–Kier alpha value is -2.40. The molecule has 4 nitrogen and oxygen atoms in total. The Balaban J connectivity index is 1.78. The monoisotopic (exact) mass is 270 g/mol. The molecule has 3 aromatic rings.